The number of carbonyl (C=O) groups is 1. The molecular weight excluding hydrogens is 308 g/mol. The zero-order valence-electron chi connectivity index (χ0n) is 11.4. The summed E-state index contributed by atoms with van der Waals surface area (Å²) in [6.45, 7) is 1.95. The van der Waals surface area contributed by atoms with Crippen molar-refractivity contribution in [3.8, 4) is 0 Å². The summed E-state index contributed by atoms with van der Waals surface area (Å²) in [5, 5.41) is 3.09. The van der Waals surface area contributed by atoms with E-state index in [4.69, 9.17) is 17.3 Å². The number of anilines is 2. The van der Waals surface area contributed by atoms with E-state index in [9.17, 15) is 9.00 Å². The summed E-state index contributed by atoms with van der Waals surface area (Å²) in [6.07, 6.45) is 0. The lowest BCUT2D eigenvalue weighted by atomic mass is 10.2. The molecule has 0 saturated carbocycles. The quantitative estimate of drug-likeness (QED) is 0.850. The fourth-order valence-electron chi connectivity index (χ4n) is 1.72. The van der Waals surface area contributed by atoms with Gasteiger partial charge in [0.2, 0.25) is 5.91 Å². The van der Waals surface area contributed by atoms with Crippen LogP contribution >= 0.6 is 11.6 Å². The molecule has 3 N–H and O–H groups in total. The van der Waals surface area contributed by atoms with Crippen molar-refractivity contribution in [3.05, 3.63) is 53.1 Å². The normalized spacial score (nSPS) is 11.9. The number of amides is 1. The van der Waals surface area contributed by atoms with E-state index in [0.717, 1.165) is 5.56 Å². The van der Waals surface area contributed by atoms with Gasteiger partial charge in [-0.2, -0.15) is 0 Å². The molecule has 0 aliphatic heterocycles. The molecule has 0 saturated heterocycles. The zero-order valence-corrected chi connectivity index (χ0v) is 13.0. The molecule has 0 radical (unpaired) electrons. The van der Waals surface area contributed by atoms with Crippen LogP contribution in [0.15, 0.2) is 47.4 Å². The Bertz CT molecular complexity index is 687. The minimum absolute atomic E-state index is 0.130. The van der Waals surface area contributed by atoms with Crippen molar-refractivity contribution in [3.63, 3.8) is 0 Å². The number of nitrogen functional groups attached to an aromatic ring is 1. The smallest absolute Gasteiger partial charge is 0.237 e. The second-order valence-electron chi connectivity index (χ2n) is 4.58. The average molecular weight is 323 g/mol. The van der Waals surface area contributed by atoms with Crippen LogP contribution in [0.2, 0.25) is 5.02 Å². The van der Waals surface area contributed by atoms with E-state index in [1.165, 1.54) is 0 Å². The first-order chi connectivity index (χ1) is 9.95. The first-order valence-electron chi connectivity index (χ1n) is 6.25. The number of rotatable bonds is 4. The molecule has 0 spiro atoms. The number of aryl methyl sites for hydroxylation is 1. The predicted molar refractivity (Wildman–Crippen MR) is 86.9 cm³/mol. The van der Waals surface area contributed by atoms with Crippen LogP contribution in [0.1, 0.15) is 5.56 Å². The highest BCUT2D eigenvalue weighted by atomic mass is 35.5. The van der Waals surface area contributed by atoms with Crippen molar-refractivity contribution in [2.75, 3.05) is 16.8 Å². The SMILES string of the molecule is Cc1ccc(S(=O)CC(=O)Nc2cc(Cl)ccc2N)cc1. The molecule has 1 atom stereocenters. The summed E-state index contributed by atoms with van der Waals surface area (Å²) >= 11 is 5.85. The minimum atomic E-state index is -1.39. The summed E-state index contributed by atoms with van der Waals surface area (Å²) in [5.41, 5.74) is 7.66. The number of benzene rings is 2. The van der Waals surface area contributed by atoms with E-state index in [0.29, 0.717) is 21.3 Å². The molecule has 2 aromatic rings. The van der Waals surface area contributed by atoms with Crippen LogP contribution in [0.4, 0.5) is 11.4 Å². The summed E-state index contributed by atoms with van der Waals surface area (Å²) in [7, 11) is -1.39. The second-order valence-corrected chi connectivity index (χ2v) is 6.47. The van der Waals surface area contributed by atoms with Crippen molar-refractivity contribution in [2.24, 2.45) is 0 Å². The third kappa shape index (κ3) is 4.31. The molecule has 2 rings (SSSR count). The first kappa shape index (κ1) is 15.5. The van der Waals surface area contributed by atoms with E-state index in [2.05, 4.69) is 5.32 Å². The van der Waals surface area contributed by atoms with Gasteiger partial charge in [0.1, 0.15) is 5.75 Å². The minimum Gasteiger partial charge on any atom is -0.397 e. The van der Waals surface area contributed by atoms with Gasteiger partial charge in [-0.05, 0) is 37.3 Å². The van der Waals surface area contributed by atoms with Crippen LogP contribution in [0, 0.1) is 6.92 Å². The Hall–Kier alpha value is -1.85. The maximum absolute atomic E-state index is 12.1. The standard InChI is InChI=1S/C15H15ClN2O2S/c1-10-2-5-12(6-3-10)21(20)9-15(19)18-14-8-11(16)4-7-13(14)17/h2-8H,9,17H2,1H3,(H,18,19). The molecule has 1 amide bonds. The van der Waals surface area contributed by atoms with Gasteiger partial charge in [0.25, 0.3) is 0 Å². The highest BCUT2D eigenvalue weighted by molar-refractivity contribution is 7.85. The number of hydrogen-bond acceptors (Lipinski definition) is 3. The lowest BCUT2D eigenvalue weighted by molar-refractivity contribution is -0.113. The predicted octanol–water partition coefficient (Wildman–Crippen LogP) is 2.98. The van der Waals surface area contributed by atoms with E-state index < -0.39 is 10.8 Å². The average Bonchev–Trinajstić information content (AvgIpc) is 2.43. The van der Waals surface area contributed by atoms with Gasteiger partial charge in [0.15, 0.2) is 0 Å². The van der Waals surface area contributed by atoms with Crippen LogP contribution in [-0.2, 0) is 15.6 Å². The Labute approximate surface area is 130 Å². The highest BCUT2D eigenvalue weighted by Crippen LogP contribution is 2.23. The molecular formula is C15H15ClN2O2S. The fourth-order valence-corrected chi connectivity index (χ4v) is 2.80. The topological polar surface area (TPSA) is 72.2 Å². The molecule has 6 heteroatoms. The number of nitrogens with one attached hydrogen (secondary N) is 1. The summed E-state index contributed by atoms with van der Waals surface area (Å²) < 4.78 is 12.1. The maximum Gasteiger partial charge on any atom is 0.237 e. The third-order valence-electron chi connectivity index (χ3n) is 2.84. The molecule has 0 bridgehead atoms. The van der Waals surface area contributed by atoms with Crippen LogP contribution in [0.3, 0.4) is 0 Å². The zero-order chi connectivity index (χ0) is 15.4. The lowest BCUT2D eigenvalue weighted by Crippen LogP contribution is -2.20. The van der Waals surface area contributed by atoms with Gasteiger partial charge >= 0.3 is 0 Å². The molecule has 2 aromatic carbocycles. The molecule has 0 aliphatic rings. The van der Waals surface area contributed by atoms with Crippen LogP contribution in [0.25, 0.3) is 0 Å². The van der Waals surface area contributed by atoms with Crippen molar-refractivity contribution in [2.45, 2.75) is 11.8 Å². The Morgan fingerprint density at radius 3 is 2.57 bits per heavy atom. The molecule has 4 nitrogen and oxygen atoms in total. The fraction of sp³-hybridized carbons (Fsp3) is 0.133. The van der Waals surface area contributed by atoms with Crippen molar-refractivity contribution in [1.29, 1.82) is 0 Å². The summed E-state index contributed by atoms with van der Waals surface area (Å²) in [5.74, 6) is -0.502. The van der Waals surface area contributed by atoms with Gasteiger partial charge < -0.3 is 11.1 Å². The molecule has 0 aliphatic carbocycles. The van der Waals surface area contributed by atoms with Gasteiger partial charge in [-0.3, -0.25) is 9.00 Å². The Kier molecular flexibility index (Phi) is 4.98. The Morgan fingerprint density at radius 2 is 1.90 bits per heavy atom. The molecule has 1 unspecified atom stereocenters. The highest BCUT2D eigenvalue weighted by Gasteiger charge is 2.12. The van der Waals surface area contributed by atoms with Gasteiger partial charge in [0, 0.05) is 9.92 Å². The Morgan fingerprint density at radius 1 is 1.24 bits per heavy atom. The third-order valence-corrected chi connectivity index (χ3v) is 4.39. The Balaban J connectivity index is 2.03. The van der Waals surface area contributed by atoms with E-state index in [-0.39, 0.29) is 11.7 Å². The largest absolute Gasteiger partial charge is 0.397 e. The molecule has 0 fully saturated rings. The monoisotopic (exact) mass is 322 g/mol. The van der Waals surface area contributed by atoms with Gasteiger partial charge in [0.05, 0.1) is 22.2 Å². The van der Waals surface area contributed by atoms with E-state index in [1.807, 2.05) is 19.1 Å². The molecule has 21 heavy (non-hydrogen) atoms. The summed E-state index contributed by atoms with van der Waals surface area (Å²) in [4.78, 5) is 12.5. The molecule has 110 valence electrons. The maximum atomic E-state index is 12.1. The van der Waals surface area contributed by atoms with Crippen LogP contribution in [-0.4, -0.2) is 15.9 Å². The van der Waals surface area contributed by atoms with Gasteiger partial charge in [-0.15, -0.1) is 0 Å². The number of hydrogen-bond donors (Lipinski definition) is 2. The van der Waals surface area contributed by atoms with Crippen molar-refractivity contribution < 1.29 is 9.00 Å². The van der Waals surface area contributed by atoms with Crippen molar-refractivity contribution in [1.82, 2.24) is 0 Å². The van der Waals surface area contributed by atoms with E-state index >= 15 is 0 Å². The number of nitrogens with two attached hydrogens (primary N) is 1. The van der Waals surface area contributed by atoms with Crippen LogP contribution in [0.5, 0.6) is 0 Å². The summed E-state index contributed by atoms with van der Waals surface area (Å²) in [6, 6.07) is 12.0. The second kappa shape index (κ2) is 6.74. The lowest BCUT2D eigenvalue weighted by Gasteiger charge is -2.08. The molecule has 0 heterocycles. The van der Waals surface area contributed by atoms with Crippen molar-refractivity contribution >= 4 is 39.7 Å². The number of carbonyl (C=O) groups excluding carboxylic acids is 1. The first-order valence-corrected chi connectivity index (χ1v) is 7.95. The van der Waals surface area contributed by atoms with Gasteiger partial charge in [-0.1, -0.05) is 29.3 Å². The van der Waals surface area contributed by atoms with Crippen LogP contribution < -0.4 is 11.1 Å². The number of halogens is 1. The molecule has 0 aromatic heterocycles. The van der Waals surface area contributed by atoms with E-state index in [1.54, 1.807) is 30.3 Å². The van der Waals surface area contributed by atoms with Gasteiger partial charge in [-0.25, -0.2) is 0 Å².